The number of pyridine rings is 2. The van der Waals surface area contributed by atoms with Crippen LogP contribution in [0.15, 0.2) is 42.7 Å². The van der Waals surface area contributed by atoms with Gasteiger partial charge in [0.15, 0.2) is 5.69 Å². The molecule has 1 amide bonds. The van der Waals surface area contributed by atoms with Crippen molar-refractivity contribution in [2.75, 3.05) is 5.32 Å². The standard InChI is InChI=1S/C17H16N4O/c1-11-10-13(7-8-18-11)19-17(22)15-14-4-2-3-9-21(14)16(20-15)12-5-6-12/h2-4,7-10,12H,5-6H2,1H3,(H,18,19,22). The SMILES string of the molecule is Cc1cc(NC(=O)c2nc(C3CC3)n3ccccc23)ccn1. The van der Waals surface area contributed by atoms with E-state index in [0.29, 0.717) is 11.6 Å². The van der Waals surface area contributed by atoms with Gasteiger partial charge < -0.3 is 9.72 Å². The van der Waals surface area contributed by atoms with Gasteiger partial charge in [0.25, 0.3) is 5.91 Å². The first-order chi connectivity index (χ1) is 10.7. The minimum Gasteiger partial charge on any atom is -0.320 e. The third-order valence-electron chi connectivity index (χ3n) is 3.89. The van der Waals surface area contributed by atoms with E-state index in [4.69, 9.17) is 0 Å². The van der Waals surface area contributed by atoms with Crippen LogP contribution < -0.4 is 5.32 Å². The zero-order valence-electron chi connectivity index (χ0n) is 12.3. The van der Waals surface area contributed by atoms with E-state index in [-0.39, 0.29) is 5.91 Å². The van der Waals surface area contributed by atoms with Crippen molar-refractivity contribution < 1.29 is 4.79 Å². The van der Waals surface area contributed by atoms with Gasteiger partial charge in [0.05, 0.1) is 5.52 Å². The van der Waals surface area contributed by atoms with Gasteiger partial charge in [-0.3, -0.25) is 9.78 Å². The molecule has 0 bridgehead atoms. The molecular weight excluding hydrogens is 276 g/mol. The van der Waals surface area contributed by atoms with Crippen LogP contribution in [0.2, 0.25) is 0 Å². The summed E-state index contributed by atoms with van der Waals surface area (Å²) >= 11 is 0. The molecule has 1 saturated carbocycles. The average molecular weight is 292 g/mol. The van der Waals surface area contributed by atoms with E-state index in [2.05, 4.69) is 15.3 Å². The number of hydrogen-bond acceptors (Lipinski definition) is 3. The van der Waals surface area contributed by atoms with Crippen molar-refractivity contribution in [2.24, 2.45) is 0 Å². The van der Waals surface area contributed by atoms with Crippen molar-refractivity contribution in [3.63, 3.8) is 0 Å². The lowest BCUT2D eigenvalue weighted by atomic mass is 10.3. The number of rotatable bonds is 3. The van der Waals surface area contributed by atoms with Crippen LogP contribution in [-0.4, -0.2) is 20.3 Å². The molecule has 22 heavy (non-hydrogen) atoms. The van der Waals surface area contributed by atoms with Gasteiger partial charge >= 0.3 is 0 Å². The number of hydrogen-bond donors (Lipinski definition) is 1. The van der Waals surface area contributed by atoms with Gasteiger partial charge in [-0.15, -0.1) is 0 Å². The van der Waals surface area contributed by atoms with E-state index in [9.17, 15) is 4.79 Å². The lowest BCUT2D eigenvalue weighted by Crippen LogP contribution is -2.13. The minimum absolute atomic E-state index is 0.179. The van der Waals surface area contributed by atoms with Crippen LogP contribution in [0.25, 0.3) is 5.52 Å². The van der Waals surface area contributed by atoms with Gasteiger partial charge in [-0.05, 0) is 44.0 Å². The molecule has 5 nitrogen and oxygen atoms in total. The molecule has 4 rings (SSSR count). The van der Waals surface area contributed by atoms with Crippen LogP contribution in [0.3, 0.4) is 0 Å². The normalized spacial score (nSPS) is 14.2. The molecule has 0 unspecified atom stereocenters. The molecule has 0 radical (unpaired) electrons. The summed E-state index contributed by atoms with van der Waals surface area (Å²) in [7, 11) is 0. The molecule has 1 aliphatic carbocycles. The van der Waals surface area contributed by atoms with Crippen LogP contribution in [0, 0.1) is 6.92 Å². The highest BCUT2D eigenvalue weighted by atomic mass is 16.1. The zero-order valence-corrected chi connectivity index (χ0v) is 12.3. The Balaban J connectivity index is 1.72. The zero-order chi connectivity index (χ0) is 15.1. The lowest BCUT2D eigenvalue weighted by molar-refractivity contribution is 0.102. The van der Waals surface area contributed by atoms with Gasteiger partial charge in [0.2, 0.25) is 0 Å². The summed E-state index contributed by atoms with van der Waals surface area (Å²) in [6.45, 7) is 1.90. The molecule has 0 aliphatic heterocycles. The summed E-state index contributed by atoms with van der Waals surface area (Å²) in [5.41, 5.74) is 2.94. The number of carbonyl (C=O) groups is 1. The summed E-state index contributed by atoms with van der Waals surface area (Å²) in [5.74, 6) is 1.30. The number of carbonyl (C=O) groups excluding carboxylic acids is 1. The van der Waals surface area contributed by atoms with Crippen molar-refractivity contribution in [1.29, 1.82) is 0 Å². The number of aromatic nitrogens is 3. The monoisotopic (exact) mass is 292 g/mol. The highest BCUT2D eigenvalue weighted by Crippen LogP contribution is 2.40. The lowest BCUT2D eigenvalue weighted by Gasteiger charge is -2.04. The Morgan fingerprint density at radius 1 is 1.32 bits per heavy atom. The number of nitrogens with zero attached hydrogens (tertiary/aromatic N) is 3. The molecule has 110 valence electrons. The number of nitrogens with one attached hydrogen (secondary N) is 1. The fraction of sp³-hybridized carbons (Fsp3) is 0.235. The Bertz CT molecular complexity index is 864. The molecule has 1 N–H and O–H groups in total. The molecule has 0 atom stereocenters. The average Bonchev–Trinajstić information content (AvgIpc) is 3.28. The van der Waals surface area contributed by atoms with E-state index in [1.54, 1.807) is 12.3 Å². The largest absolute Gasteiger partial charge is 0.320 e. The van der Waals surface area contributed by atoms with Gasteiger partial charge in [-0.25, -0.2) is 4.98 Å². The number of anilines is 1. The van der Waals surface area contributed by atoms with E-state index >= 15 is 0 Å². The molecule has 0 saturated heterocycles. The van der Waals surface area contributed by atoms with Crippen molar-refractivity contribution in [3.8, 4) is 0 Å². The summed E-state index contributed by atoms with van der Waals surface area (Å²) in [6, 6.07) is 9.46. The maximum absolute atomic E-state index is 12.6. The Kier molecular flexibility index (Phi) is 2.92. The van der Waals surface area contributed by atoms with Crippen molar-refractivity contribution in [1.82, 2.24) is 14.4 Å². The number of fused-ring (bicyclic) bond motifs is 1. The number of imidazole rings is 1. The van der Waals surface area contributed by atoms with Gasteiger partial charge in [-0.1, -0.05) is 6.07 Å². The van der Waals surface area contributed by atoms with E-state index < -0.39 is 0 Å². The summed E-state index contributed by atoms with van der Waals surface area (Å²) in [6.07, 6.45) is 5.96. The summed E-state index contributed by atoms with van der Waals surface area (Å²) in [5, 5.41) is 2.91. The van der Waals surface area contributed by atoms with Crippen molar-refractivity contribution in [3.05, 3.63) is 59.9 Å². The van der Waals surface area contributed by atoms with Gasteiger partial charge in [0.1, 0.15) is 5.82 Å². The highest BCUT2D eigenvalue weighted by molar-refractivity contribution is 6.07. The maximum atomic E-state index is 12.6. The summed E-state index contributed by atoms with van der Waals surface area (Å²) in [4.78, 5) is 21.3. The first-order valence-electron chi connectivity index (χ1n) is 7.43. The predicted octanol–water partition coefficient (Wildman–Crippen LogP) is 3.17. The Morgan fingerprint density at radius 3 is 2.95 bits per heavy atom. The van der Waals surface area contributed by atoms with Gasteiger partial charge in [0, 0.05) is 29.7 Å². The quantitative estimate of drug-likeness (QED) is 0.806. The maximum Gasteiger partial charge on any atom is 0.276 e. The minimum atomic E-state index is -0.179. The molecule has 0 spiro atoms. The molecule has 3 heterocycles. The second-order valence-corrected chi connectivity index (χ2v) is 5.69. The summed E-state index contributed by atoms with van der Waals surface area (Å²) < 4.78 is 2.03. The van der Waals surface area contributed by atoms with Gasteiger partial charge in [-0.2, -0.15) is 0 Å². The van der Waals surface area contributed by atoms with Crippen LogP contribution in [0.5, 0.6) is 0 Å². The fourth-order valence-corrected chi connectivity index (χ4v) is 2.67. The molecular formula is C17H16N4O. The van der Waals surface area contributed by atoms with Crippen molar-refractivity contribution in [2.45, 2.75) is 25.7 Å². The molecule has 1 fully saturated rings. The Hall–Kier alpha value is -2.69. The van der Waals surface area contributed by atoms with E-state index in [0.717, 1.165) is 35.6 Å². The second-order valence-electron chi connectivity index (χ2n) is 5.69. The highest BCUT2D eigenvalue weighted by Gasteiger charge is 2.30. The van der Waals surface area contributed by atoms with Crippen LogP contribution in [-0.2, 0) is 0 Å². The second kappa shape index (κ2) is 4.94. The van der Waals surface area contributed by atoms with E-state index in [1.165, 1.54) is 0 Å². The smallest absolute Gasteiger partial charge is 0.276 e. The molecule has 0 aromatic carbocycles. The molecule has 1 aliphatic rings. The van der Waals surface area contributed by atoms with Crippen LogP contribution in [0.4, 0.5) is 5.69 Å². The first-order valence-corrected chi connectivity index (χ1v) is 7.43. The third-order valence-corrected chi connectivity index (χ3v) is 3.89. The van der Waals surface area contributed by atoms with Crippen LogP contribution in [0.1, 0.15) is 40.8 Å². The first kappa shape index (κ1) is 13.0. The van der Waals surface area contributed by atoms with Crippen LogP contribution >= 0.6 is 0 Å². The Morgan fingerprint density at radius 2 is 2.18 bits per heavy atom. The molecule has 5 heteroatoms. The number of amides is 1. The molecule has 3 aromatic rings. The van der Waals surface area contributed by atoms with Crippen molar-refractivity contribution >= 4 is 17.1 Å². The fourth-order valence-electron chi connectivity index (χ4n) is 2.67. The Labute approximate surface area is 128 Å². The predicted molar refractivity (Wildman–Crippen MR) is 84.1 cm³/mol. The third kappa shape index (κ3) is 2.24. The molecule has 3 aromatic heterocycles. The number of aryl methyl sites for hydroxylation is 1. The topological polar surface area (TPSA) is 59.3 Å². The van der Waals surface area contributed by atoms with E-state index in [1.807, 2.05) is 41.8 Å².